The molecule has 0 amide bonds. The van der Waals surface area contributed by atoms with Gasteiger partial charge in [-0.1, -0.05) is 50.1 Å². The molecule has 0 atom stereocenters. The van der Waals surface area contributed by atoms with E-state index in [4.69, 9.17) is 0 Å². The molecule has 0 radical (unpaired) electrons. The predicted molar refractivity (Wildman–Crippen MR) is 93.6 cm³/mol. The van der Waals surface area contributed by atoms with Gasteiger partial charge in [0, 0.05) is 17.1 Å². The molecule has 0 unspecified atom stereocenters. The molecule has 0 bridgehead atoms. The van der Waals surface area contributed by atoms with Gasteiger partial charge in [-0.15, -0.1) is 11.8 Å². The molecule has 2 N–H and O–H groups in total. The Morgan fingerprint density at radius 3 is 2.38 bits per heavy atom. The number of hydrazine groups is 1. The summed E-state index contributed by atoms with van der Waals surface area (Å²) in [6.07, 6.45) is 3.94. The minimum atomic E-state index is 0.815. The molecule has 0 aliphatic carbocycles. The predicted octanol–water partition coefficient (Wildman–Crippen LogP) is 5.09. The average Bonchev–Trinajstić information content (AvgIpc) is 2.54. The molecule has 0 heterocycles. The zero-order valence-corrected chi connectivity index (χ0v) is 13.5. The SMILES string of the molecule is CCCCCSc1ccc(CNNc2ccccc2)cc1. The van der Waals surface area contributed by atoms with E-state index in [2.05, 4.69) is 42.0 Å². The maximum atomic E-state index is 3.24. The van der Waals surface area contributed by atoms with Gasteiger partial charge in [0.1, 0.15) is 0 Å². The Labute approximate surface area is 132 Å². The standard InChI is InChI=1S/C18H24N2S/c1-2-3-7-14-21-18-12-10-16(11-13-18)15-19-20-17-8-5-4-6-9-17/h4-6,8-13,19-20H,2-3,7,14-15H2,1H3. The van der Waals surface area contributed by atoms with Gasteiger partial charge in [0.2, 0.25) is 0 Å². The van der Waals surface area contributed by atoms with E-state index < -0.39 is 0 Å². The minimum absolute atomic E-state index is 0.815. The lowest BCUT2D eigenvalue weighted by molar-refractivity contribution is 0.778. The highest BCUT2D eigenvalue weighted by Gasteiger charge is 1.96. The monoisotopic (exact) mass is 300 g/mol. The fourth-order valence-corrected chi connectivity index (χ4v) is 2.93. The molecule has 2 rings (SSSR count). The lowest BCUT2D eigenvalue weighted by atomic mass is 10.2. The number of benzene rings is 2. The molecular formula is C18H24N2S. The summed E-state index contributed by atoms with van der Waals surface area (Å²) in [5, 5.41) is 0. The lowest BCUT2D eigenvalue weighted by Gasteiger charge is -2.09. The Balaban J connectivity index is 1.69. The summed E-state index contributed by atoms with van der Waals surface area (Å²) in [4.78, 5) is 1.37. The first-order valence-corrected chi connectivity index (χ1v) is 8.62. The van der Waals surface area contributed by atoms with Gasteiger partial charge in [0.25, 0.3) is 0 Å². The quantitative estimate of drug-likeness (QED) is 0.383. The smallest absolute Gasteiger partial charge is 0.0487 e. The van der Waals surface area contributed by atoms with Crippen LogP contribution in [0.2, 0.25) is 0 Å². The summed E-state index contributed by atoms with van der Waals surface area (Å²) in [6.45, 7) is 3.06. The van der Waals surface area contributed by atoms with E-state index in [1.807, 2.05) is 42.1 Å². The van der Waals surface area contributed by atoms with Crippen LogP contribution in [0.15, 0.2) is 59.5 Å². The van der Waals surface area contributed by atoms with Gasteiger partial charge in [0.05, 0.1) is 0 Å². The second kappa shape index (κ2) is 9.48. The van der Waals surface area contributed by atoms with E-state index in [9.17, 15) is 0 Å². The van der Waals surface area contributed by atoms with E-state index >= 15 is 0 Å². The van der Waals surface area contributed by atoms with Crippen LogP contribution in [-0.4, -0.2) is 5.75 Å². The number of para-hydroxylation sites is 1. The first-order chi connectivity index (χ1) is 10.4. The number of anilines is 1. The fourth-order valence-electron chi connectivity index (χ4n) is 2.02. The van der Waals surface area contributed by atoms with Crippen LogP contribution in [-0.2, 0) is 6.54 Å². The van der Waals surface area contributed by atoms with Crippen molar-refractivity contribution in [2.45, 2.75) is 37.6 Å². The minimum Gasteiger partial charge on any atom is -0.321 e. The van der Waals surface area contributed by atoms with Gasteiger partial charge in [-0.05, 0) is 42.0 Å². The van der Waals surface area contributed by atoms with Gasteiger partial charge in [-0.25, -0.2) is 5.43 Å². The molecule has 0 aromatic heterocycles. The van der Waals surface area contributed by atoms with Crippen molar-refractivity contribution in [2.75, 3.05) is 11.2 Å². The average molecular weight is 300 g/mol. The maximum Gasteiger partial charge on any atom is 0.0487 e. The summed E-state index contributed by atoms with van der Waals surface area (Å²) >= 11 is 1.95. The zero-order chi connectivity index (χ0) is 14.8. The molecule has 2 aromatic carbocycles. The third-order valence-electron chi connectivity index (χ3n) is 3.24. The van der Waals surface area contributed by atoms with Crippen molar-refractivity contribution in [3.63, 3.8) is 0 Å². The van der Waals surface area contributed by atoms with E-state index in [1.165, 1.54) is 35.5 Å². The van der Waals surface area contributed by atoms with Crippen LogP contribution >= 0.6 is 11.8 Å². The highest BCUT2D eigenvalue weighted by molar-refractivity contribution is 7.99. The third kappa shape index (κ3) is 6.23. The number of thioether (sulfide) groups is 1. The molecular weight excluding hydrogens is 276 g/mol. The molecule has 0 aliphatic heterocycles. The highest BCUT2D eigenvalue weighted by Crippen LogP contribution is 2.20. The van der Waals surface area contributed by atoms with Crippen molar-refractivity contribution in [1.82, 2.24) is 5.43 Å². The van der Waals surface area contributed by atoms with Gasteiger partial charge in [0.15, 0.2) is 0 Å². The number of hydrogen-bond donors (Lipinski definition) is 2. The largest absolute Gasteiger partial charge is 0.321 e. The molecule has 2 nitrogen and oxygen atoms in total. The van der Waals surface area contributed by atoms with Crippen LogP contribution in [0.5, 0.6) is 0 Å². The summed E-state index contributed by atoms with van der Waals surface area (Å²) in [6, 6.07) is 19.0. The summed E-state index contributed by atoms with van der Waals surface area (Å²) in [5.74, 6) is 1.22. The fraction of sp³-hybridized carbons (Fsp3) is 0.333. The molecule has 0 spiro atoms. The van der Waals surface area contributed by atoms with Crippen molar-refractivity contribution in [3.05, 3.63) is 60.2 Å². The van der Waals surface area contributed by atoms with Gasteiger partial charge in [-0.3, -0.25) is 0 Å². The Morgan fingerprint density at radius 2 is 1.67 bits per heavy atom. The summed E-state index contributed by atoms with van der Waals surface area (Å²) in [5.41, 5.74) is 8.81. The van der Waals surface area contributed by atoms with Crippen LogP contribution in [0.4, 0.5) is 5.69 Å². The Morgan fingerprint density at radius 1 is 0.905 bits per heavy atom. The van der Waals surface area contributed by atoms with Gasteiger partial charge >= 0.3 is 0 Å². The molecule has 0 aliphatic rings. The molecule has 3 heteroatoms. The van der Waals surface area contributed by atoms with E-state index in [0.717, 1.165) is 12.2 Å². The van der Waals surface area contributed by atoms with Crippen LogP contribution in [0.3, 0.4) is 0 Å². The van der Waals surface area contributed by atoms with Crippen LogP contribution in [0.1, 0.15) is 31.7 Å². The molecule has 21 heavy (non-hydrogen) atoms. The molecule has 0 fully saturated rings. The van der Waals surface area contributed by atoms with Crippen LogP contribution in [0, 0.1) is 0 Å². The van der Waals surface area contributed by atoms with Crippen molar-refractivity contribution in [3.8, 4) is 0 Å². The lowest BCUT2D eigenvalue weighted by Crippen LogP contribution is -2.20. The summed E-state index contributed by atoms with van der Waals surface area (Å²) in [7, 11) is 0. The maximum absolute atomic E-state index is 3.24. The molecule has 2 aromatic rings. The number of hydrogen-bond acceptors (Lipinski definition) is 3. The highest BCUT2D eigenvalue weighted by atomic mass is 32.2. The van der Waals surface area contributed by atoms with E-state index in [-0.39, 0.29) is 0 Å². The number of nitrogens with one attached hydrogen (secondary N) is 2. The van der Waals surface area contributed by atoms with Crippen molar-refractivity contribution in [1.29, 1.82) is 0 Å². The zero-order valence-electron chi connectivity index (χ0n) is 12.6. The second-order valence-corrected chi connectivity index (χ2v) is 6.21. The molecule has 0 saturated carbocycles. The van der Waals surface area contributed by atoms with E-state index in [1.54, 1.807) is 0 Å². The van der Waals surface area contributed by atoms with Crippen LogP contribution in [0.25, 0.3) is 0 Å². The molecule has 112 valence electrons. The van der Waals surface area contributed by atoms with Crippen molar-refractivity contribution >= 4 is 17.4 Å². The van der Waals surface area contributed by atoms with Gasteiger partial charge in [-0.2, -0.15) is 0 Å². The number of unbranched alkanes of at least 4 members (excludes halogenated alkanes) is 2. The van der Waals surface area contributed by atoms with Crippen molar-refractivity contribution < 1.29 is 0 Å². The summed E-state index contributed by atoms with van der Waals surface area (Å²) < 4.78 is 0. The van der Waals surface area contributed by atoms with Crippen molar-refractivity contribution in [2.24, 2.45) is 0 Å². The molecule has 0 saturated heterocycles. The topological polar surface area (TPSA) is 24.1 Å². The Bertz CT molecular complexity index is 496. The Hall–Kier alpha value is -1.45. The van der Waals surface area contributed by atoms with Crippen LogP contribution < -0.4 is 10.9 Å². The third-order valence-corrected chi connectivity index (χ3v) is 4.34. The number of rotatable bonds is 9. The van der Waals surface area contributed by atoms with Gasteiger partial charge < -0.3 is 5.43 Å². The Kier molecular flexibility index (Phi) is 7.19. The first kappa shape index (κ1) is 15.9. The first-order valence-electron chi connectivity index (χ1n) is 7.64. The normalized spacial score (nSPS) is 10.5. The second-order valence-electron chi connectivity index (χ2n) is 5.04. The van der Waals surface area contributed by atoms with E-state index in [0.29, 0.717) is 0 Å².